The van der Waals surface area contributed by atoms with Gasteiger partial charge in [0.1, 0.15) is 0 Å². The number of rotatable bonds is 4. The molecule has 0 spiro atoms. The SMILES string of the molecule is CCOC(=O)C(C)(CC)C(=O)O. The number of aliphatic carboxylic acids is 1. The fourth-order valence-corrected chi connectivity index (χ4v) is 0.673. The van der Waals surface area contributed by atoms with Crippen LogP contribution in [0.3, 0.4) is 0 Å². The van der Waals surface area contributed by atoms with Gasteiger partial charge in [-0.15, -0.1) is 0 Å². The fourth-order valence-electron chi connectivity index (χ4n) is 0.673. The molecule has 1 unspecified atom stereocenters. The smallest absolute Gasteiger partial charge is 0.323 e. The predicted molar refractivity (Wildman–Crippen MR) is 42.7 cm³/mol. The number of hydrogen-bond donors (Lipinski definition) is 1. The molecule has 4 nitrogen and oxygen atoms in total. The first-order valence-electron chi connectivity index (χ1n) is 3.89. The van der Waals surface area contributed by atoms with E-state index in [9.17, 15) is 9.59 Å². The van der Waals surface area contributed by atoms with Crippen molar-refractivity contribution >= 4 is 11.9 Å². The number of carboxylic acid groups (broad SMARTS) is 1. The molecule has 0 aromatic heterocycles. The lowest BCUT2D eigenvalue weighted by Gasteiger charge is -2.19. The Bertz CT molecular complexity index is 187. The summed E-state index contributed by atoms with van der Waals surface area (Å²) >= 11 is 0. The summed E-state index contributed by atoms with van der Waals surface area (Å²) in [5.74, 6) is -1.80. The minimum absolute atomic E-state index is 0.210. The van der Waals surface area contributed by atoms with E-state index in [2.05, 4.69) is 4.74 Å². The minimum Gasteiger partial charge on any atom is -0.480 e. The second-order valence-corrected chi connectivity index (χ2v) is 2.71. The van der Waals surface area contributed by atoms with Gasteiger partial charge in [-0.05, 0) is 20.3 Å². The summed E-state index contributed by atoms with van der Waals surface area (Å²) in [5, 5.41) is 8.73. The van der Waals surface area contributed by atoms with Crippen molar-refractivity contribution in [2.24, 2.45) is 5.41 Å². The minimum atomic E-state index is -1.39. The summed E-state index contributed by atoms with van der Waals surface area (Å²) < 4.78 is 4.64. The molecule has 0 rings (SSSR count). The molecular weight excluding hydrogens is 160 g/mol. The van der Waals surface area contributed by atoms with Gasteiger partial charge in [-0.25, -0.2) is 0 Å². The molecule has 0 saturated carbocycles. The topological polar surface area (TPSA) is 63.6 Å². The first-order valence-corrected chi connectivity index (χ1v) is 3.89. The van der Waals surface area contributed by atoms with Crippen LogP contribution in [-0.2, 0) is 14.3 Å². The zero-order valence-corrected chi connectivity index (χ0v) is 7.59. The molecule has 0 radical (unpaired) electrons. The lowest BCUT2D eigenvalue weighted by Crippen LogP contribution is -2.37. The van der Waals surface area contributed by atoms with E-state index in [1.165, 1.54) is 6.92 Å². The van der Waals surface area contributed by atoms with Crippen LogP contribution in [0, 0.1) is 5.41 Å². The van der Waals surface area contributed by atoms with Crippen molar-refractivity contribution in [2.45, 2.75) is 27.2 Å². The molecule has 4 heteroatoms. The number of ether oxygens (including phenoxy) is 1. The van der Waals surface area contributed by atoms with Crippen LogP contribution in [0.1, 0.15) is 27.2 Å². The van der Waals surface area contributed by atoms with Gasteiger partial charge in [0.15, 0.2) is 5.41 Å². The summed E-state index contributed by atoms with van der Waals surface area (Å²) in [6, 6.07) is 0. The Morgan fingerprint density at radius 3 is 2.17 bits per heavy atom. The van der Waals surface area contributed by atoms with Crippen molar-refractivity contribution in [1.82, 2.24) is 0 Å². The van der Waals surface area contributed by atoms with Crippen LogP contribution in [0.15, 0.2) is 0 Å². The molecule has 0 fully saturated rings. The van der Waals surface area contributed by atoms with E-state index < -0.39 is 17.4 Å². The molecule has 0 heterocycles. The van der Waals surface area contributed by atoms with Gasteiger partial charge >= 0.3 is 11.9 Å². The van der Waals surface area contributed by atoms with E-state index in [0.29, 0.717) is 0 Å². The van der Waals surface area contributed by atoms with Crippen molar-refractivity contribution < 1.29 is 19.4 Å². The Morgan fingerprint density at radius 1 is 1.42 bits per heavy atom. The van der Waals surface area contributed by atoms with Crippen molar-refractivity contribution in [3.8, 4) is 0 Å². The lowest BCUT2D eigenvalue weighted by atomic mass is 9.88. The summed E-state index contributed by atoms with van der Waals surface area (Å²) in [6.45, 7) is 4.87. The van der Waals surface area contributed by atoms with Crippen molar-refractivity contribution in [1.29, 1.82) is 0 Å². The Hall–Kier alpha value is -1.06. The zero-order valence-electron chi connectivity index (χ0n) is 7.59. The molecule has 12 heavy (non-hydrogen) atoms. The van der Waals surface area contributed by atoms with E-state index in [-0.39, 0.29) is 13.0 Å². The van der Waals surface area contributed by atoms with Gasteiger partial charge in [0.05, 0.1) is 6.61 Å². The highest BCUT2D eigenvalue weighted by atomic mass is 16.5. The van der Waals surface area contributed by atoms with Gasteiger partial charge in [-0.1, -0.05) is 6.92 Å². The second kappa shape index (κ2) is 4.09. The van der Waals surface area contributed by atoms with Crippen LogP contribution in [-0.4, -0.2) is 23.7 Å². The maximum Gasteiger partial charge on any atom is 0.323 e. The van der Waals surface area contributed by atoms with E-state index in [4.69, 9.17) is 5.11 Å². The number of carbonyl (C=O) groups is 2. The molecule has 70 valence electrons. The van der Waals surface area contributed by atoms with Crippen molar-refractivity contribution in [3.05, 3.63) is 0 Å². The Balaban J connectivity index is 4.52. The van der Waals surface area contributed by atoms with Crippen LogP contribution in [0.5, 0.6) is 0 Å². The molecule has 0 aliphatic heterocycles. The van der Waals surface area contributed by atoms with Gasteiger partial charge in [0, 0.05) is 0 Å². The summed E-state index contributed by atoms with van der Waals surface area (Å²) in [7, 11) is 0. The van der Waals surface area contributed by atoms with Crippen molar-refractivity contribution in [3.63, 3.8) is 0 Å². The summed E-state index contributed by atoms with van der Waals surface area (Å²) in [4.78, 5) is 21.8. The number of carboxylic acids is 1. The van der Waals surface area contributed by atoms with Gasteiger partial charge in [0.25, 0.3) is 0 Å². The molecule has 0 aliphatic rings. The molecule has 1 N–H and O–H groups in total. The third-order valence-electron chi connectivity index (χ3n) is 1.91. The molecule has 0 aromatic carbocycles. The maximum atomic E-state index is 11.1. The van der Waals surface area contributed by atoms with Crippen LogP contribution in [0.2, 0.25) is 0 Å². The zero-order chi connectivity index (χ0) is 9.78. The molecule has 0 bridgehead atoms. The average molecular weight is 174 g/mol. The molecule has 0 aromatic rings. The van der Waals surface area contributed by atoms with Gasteiger partial charge in [0.2, 0.25) is 0 Å². The fraction of sp³-hybridized carbons (Fsp3) is 0.750. The van der Waals surface area contributed by atoms with Gasteiger partial charge < -0.3 is 9.84 Å². The standard InChI is InChI=1S/C8H14O4/c1-4-8(3,6(9)10)7(11)12-5-2/h4-5H2,1-3H3,(H,9,10). The van der Waals surface area contributed by atoms with Crippen LogP contribution < -0.4 is 0 Å². The third-order valence-corrected chi connectivity index (χ3v) is 1.91. The van der Waals surface area contributed by atoms with Crippen LogP contribution in [0.25, 0.3) is 0 Å². The number of carbonyl (C=O) groups excluding carboxylic acids is 1. The molecule has 0 saturated heterocycles. The molecule has 0 amide bonds. The average Bonchev–Trinajstić information content (AvgIpc) is 2.03. The number of hydrogen-bond acceptors (Lipinski definition) is 3. The Morgan fingerprint density at radius 2 is 1.92 bits per heavy atom. The first kappa shape index (κ1) is 10.9. The largest absolute Gasteiger partial charge is 0.480 e. The molecule has 1 atom stereocenters. The maximum absolute atomic E-state index is 11.1. The monoisotopic (exact) mass is 174 g/mol. The highest BCUT2D eigenvalue weighted by Crippen LogP contribution is 2.22. The van der Waals surface area contributed by atoms with E-state index in [0.717, 1.165) is 0 Å². The van der Waals surface area contributed by atoms with E-state index in [1.54, 1.807) is 13.8 Å². The van der Waals surface area contributed by atoms with Crippen LogP contribution >= 0.6 is 0 Å². The Kier molecular flexibility index (Phi) is 3.73. The van der Waals surface area contributed by atoms with Crippen LogP contribution in [0.4, 0.5) is 0 Å². The Labute approximate surface area is 71.5 Å². The third kappa shape index (κ3) is 1.96. The number of esters is 1. The molecule has 0 aliphatic carbocycles. The van der Waals surface area contributed by atoms with E-state index >= 15 is 0 Å². The van der Waals surface area contributed by atoms with Crippen molar-refractivity contribution in [2.75, 3.05) is 6.61 Å². The summed E-state index contributed by atoms with van der Waals surface area (Å²) in [6.07, 6.45) is 0.237. The van der Waals surface area contributed by atoms with E-state index in [1.807, 2.05) is 0 Å². The van der Waals surface area contributed by atoms with Gasteiger partial charge in [-0.2, -0.15) is 0 Å². The first-order chi connectivity index (χ1) is 5.49. The second-order valence-electron chi connectivity index (χ2n) is 2.71. The molecular formula is C8H14O4. The summed E-state index contributed by atoms with van der Waals surface area (Å²) in [5.41, 5.74) is -1.39. The quantitative estimate of drug-likeness (QED) is 0.511. The lowest BCUT2D eigenvalue weighted by molar-refractivity contribution is -0.167. The predicted octanol–water partition coefficient (Wildman–Crippen LogP) is 1.05. The highest BCUT2D eigenvalue weighted by molar-refractivity contribution is 5.98. The van der Waals surface area contributed by atoms with Gasteiger partial charge in [-0.3, -0.25) is 9.59 Å². The normalized spacial score (nSPS) is 14.9. The highest BCUT2D eigenvalue weighted by Gasteiger charge is 2.40.